The average Bonchev–Trinajstić information content (AvgIpc) is 2.72. The van der Waals surface area contributed by atoms with Crippen molar-refractivity contribution >= 4 is 5.69 Å². The molecule has 1 aromatic carbocycles. The van der Waals surface area contributed by atoms with E-state index in [4.69, 9.17) is 5.73 Å². The summed E-state index contributed by atoms with van der Waals surface area (Å²) in [4.78, 5) is 0. The monoisotopic (exact) mass is 232 g/mol. The molecule has 2 rings (SSSR count). The molecule has 0 amide bonds. The minimum absolute atomic E-state index is 0.412. The Bertz CT molecular complexity index is 354. The maximum Gasteiger partial charge on any atom is 0.0316 e. The summed E-state index contributed by atoms with van der Waals surface area (Å²) in [5.41, 5.74) is 8.40. The molecule has 0 bridgehead atoms. The minimum Gasteiger partial charge on any atom is -0.399 e. The van der Waals surface area contributed by atoms with Crippen LogP contribution in [0.4, 0.5) is 5.69 Å². The number of nitrogen functional groups attached to an aromatic ring is 1. The van der Waals surface area contributed by atoms with Crippen LogP contribution in [0.2, 0.25) is 0 Å². The van der Waals surface area contributed by atoms with Crippen molar-refractivity contribution in [1.82, 2.24) is 5.32 Å². The van der Waals surface area contributed by atoms with Gasteiger partial charge in [0.15, 0.2) is 0 Å². The highest BCUT2D eigenvalue weighted by Crippen LogP contribution is 2.28. The molecule has 1 aliphatic rings. The van der Waals surface area contributed by atoms with Crippen LogP contribution in [0.25, 0.3) is 0 Å². The van der Waals surface area contributed by atoms with Gasteiger partial charge in [-0.2, -0.15) is 0 Å². The van der Waals surface area contributed by atoms with E-state index in [2.05, 4.69) is 24.4 Å². The first-order chi connectivity index (χ1) is 8.18. The van der Waals surface area contributed by atoms with Crippen LogP contribution in [0.15, 0.2) is 24.3 Å². The lowest BCUT2D eigenvalue weighted by Gasteiger charge is -2.25. The fraction of sp³-hybridized carbons (Fsp3) is 0.600. The van der Waals surface area contributed by atoms with Gasteiger partial charge in [0.05, 0.1) is 0 Å². The van der Waals surface area contributed by atoms with Gasteiger partial charge in [-0.3, -0.25) is 0 Å². The molecule has 17 heavy (non-hydrogen) atoms. The fourth-order valence-electron chi connectivity index (χ4n) is 2.76. The van der Waals surface area contributed by atoms with Crippen LogP contribution in [0.1, 0.15) is 44.6 Å². The number of rotatable bonds is 5. The zero-order valence-electron chi connectivity index (χ0n) is 10.8. The molecule has 1 aliphatic carbocycles. The molecule has 1 aromatic rings. The summed E-state index contributed by atoms with van der Waals surface area (Å²) < 4.78 is 0. The lowest BCUT2D eigenvalue weighted by atomic mass is 10.0. The number of anilines is 1. The Kier molecular flexibility index (Phi) is 4.06. The smallest absolute Gasteiger partial charge is 0.0316 e. The van der Waals surface area contributed by atoms with Crippen LogP contribution in [-0.2, 0) is 6.42 Å². The summed E-state index contributed by atoms with van der Waals surface area (Å²) in [6.45, 7) is 3.48. The van der Waals surface area contributed by atoms with Crippen molar-refractivity contribution in [1.29, 1.82) is 0 Å². The molecule has 2 nitrogen and oxygen atoms in total. The minimum atomic E-state index is 0.412. The topological polar surface area (TPSA) is 38.0 Å². The van der Waals surface area contributed by atoms with E-state index in [1.54, 1.807) is 0 Å². The summed E-state index contributed by atoms with van der Waals surface area (Å²) in [6.07, 6.45) is 7.77. The van der Waals surface area contributed by atoms with Crippen LogP contribution in [0.5, 0.6) is 0 Å². The van der Waals surface area contributed by atoms with E-state index < -0.39 is 0 Å². The van der Waals surface area contributed by atoms with Crippen LogP contribution in [0.3, 0.4) is 0 Å². The second-order valence-electron chi connectivity index (χ2n) is 5.54. The summed E-state index contributed by atoms with van der Waals surface area (Å²) in [7, 11) is 0. The normalized spacial score (nSPS) is 18.4. The van der Waals surface area contributed by atoms with E-state index in [1.807, 2.05) is 12.1 Å². The third-order valence-corrected chi connectivity index (χ3v) is 3.85. The standard InChI is InChI=1S/C15H24N2/c1-15(9-2-3-10-15)17-11-5-7-13-6-4-8-14(16)12-13/h4,6,8,12,17H,2-3,5,7,9-11,16H2,1H3. The van der Waals surface area contributed by atoms with Crippen LogP contribution in [0, 0.1) is 0 Å². The van der Waals surface area contributed by atoms with E-state index in [1.165, 1.54) is 37.7 Å². The van der Waals surface area contributed by atoms with Crippen molar-refractivity contribution in [3.63, 3.8) is 0 Å². The largest absolute Gasteiger partial charge is 0.399 e. The Labute approximate surface area is 105 Å². The van der Waals surface area contributed by atoms with Crippen molar-refractivity contribution in [2.75, 3.05) is 12.3 Å². The number of benzene rings is 1. The SMILES string of the molecule is CC1(NCCCc2cccc(N)c2)CCCC1. The van der Waals surface area contributed by atoms with Gasteiger partial charge in [0.2, 0.25) is 0 Å². The predicted octanol–water partition coefficient (Wildman–Crippen LogP) is 3.12. The van der Waals surface area contributed by atoms with E-state index in [0.717, 1.165) is 18.7 Å². The zero-order chi connectivity index (χ0) is 12.1. The zero-order valence-corrected chi connectivity index (χ0v) is 10.8. The molecule has 0 spiro atoms. The maximum atomic E-state index is 5.77. The van der Waals surface area contributed by atoms with Crippen LogP contribution < -0.4 is 11.1 Å². The first kappa shape index (κ1) is 12.4. The Morgan fingerprint density at radius 2 is 2.06 bits per heavy atom. The molecule has 0 atom stereocenters. The van der Waals surface area contributed by atoms with Gasteiger partial charge in [-0.05, 0) is 56.8 Å². The molecule has 0 saturated heterocycles. The number of nitrogens with one attached hydrogen (secondary N) is 1. The summed E-state index contributed by atoms with van der Waals surface area (Å²) >= 11 is 0. The molecule has 0 radical (unpaired) electrons. The van der Waals surface area contributed by atoms with E-state index in [0.29, 0.717) is 5.54 Å². The Hall–Kier alpha value is -1.02. The average molecular weight is 232 g/mol. The summed E-state index contributed by atoms with van der Waals surface area (Å²) in [5.74, 6) is 0. The Morgan fingerprint density at radius 3 is 2.76 bits per heavy atom. The van der Waals surface area contributed by atoms with Crippen molar-refractivity contribution in [3.8, 4) is 0 Å². The molecule has 1 fully saturated rings. The predicted molar refractivity (Wildman–Crippen MR) is 74.1 cm³/mol. The first-order valence-corrected chi connectivity index (χ1v) is 6.77. The van der Waals surface area contributed by atoms with Gasteiger partial charge in [0.1, 0.15) is 0 Å². The molecule has 0 heterocycles. The highest BCUT2D eigenvalue weighted by molar-refractivity contribution is 5.40. The number of nitrogens with two attached hydrogens (primary N) is 1. The first-order valence-electron chi connectivity index (χ1n) is 6.77. The van der Waals surface area contributed by atoms with E-state index in [9.17, 15) is 0 Å². The van der Waals surface area contributed by atoms with Gasteiger partial charge in [-0.15, -0.1) is 0 Å². The molecule has 2 heteroatoms. The summed E-state index contributed by atoms with van der Waals surface area (Å²) in [6, 6.07) is 8.22. The lowest BCUT2D eigenvalue weighted by molar-refractivity contribution is 0.363. The molecule has 0 aliphatic heterocycles. The fourth-order valence-corrected chi connectivity index (χ4v) is 2.76. The molecule has 1 saturated carbocycles. The molecule has 94 valence electrons. The van der Waals surface area contributed by atoms with Gasteiger partial charge < -0.3 is 11.1 Å². The quantitative estimate of drug-likeness (QED) is 0.604. The second-order valence-corrected chi connectivity index (χ2v) is 5.54. The highest BCUT2D eigenvalue weighted by Gasteiger charge is 2.27. The number of hydrogen-bond acceptors (Lipinski definition) is 2. The highest BCUT2D eigenvalue weighted by atomic mass is 15.0. The van der Waals surface area contributed by atoms with Crippen molar-refractivity contribution in [3.05, 3.63) is 29.8 Å². The Morgan fingerprint density at radius 1 is 1.29 bits per heavy atom. The lowest BCUT2D eigenvalue weighted by Crippen LogP contribution is -2.40. The van der Waals surface area contributed by atoms with Gasteiger partial charge >= 0.3 is 0 Å². The molecular weight excluding hydrogens is 208 g/mol. The Balaban J connectivity index is 1.69. The van der Waals surface area contributed by atoms with Gasteiger partial charge in [0, 0.05) is 11.2 Å². The van der Waals surface area contributed by atoms with Gasteiger partial charge in [-0.1, -0.05) is 25.0 Å². The van der Waals surface area contributed by atoms with Crippen molar-refractivity contribution in [2.45, 2.75) is 51.0 Å². The van der Waals surface area contributed by atoms with E-state index >= 15 is 0 Å². The maximum absolute atomic E-state index is 5.77. The van der Waals surface area contributed by atoms with Gasteiger partial charge in [-0.25, -0.2) is 0 Å². The molecule has 0 aromatic heterocycles. The van der Waals surface area contributed by atoms with E-state index in [-0.39, 0.29) is 0 Å². The van der Waals surface area contributed by atoms with Crippen molar-refractivity contribution in [2.24, 2.45) is 0 Å². The molecule has 3 N–H and O–H groups in total. The second kappa shape index (κ2) is 5.54. The van der Waals surface area contributed by atoms with Gasteiger partial charge in [0.25, 0.3) is 0 Å². The third-order valence-electron chi connectivity index (χ3n) is 3.85. The van der Waals surface area contributed by atoms with Crippen LogP contribution >= 0.6 is 0 Å². The molecular formula is C15H24N2. The number of aryl methyl sites for hydroxylation is 1. The summed E-state index contributed by atoms with van der Waals surface area (Å²) in [5, 5.41) is 3.71. The van der Waals surface area contributed by atoms with Crippen LogP contribution in [-0.4, -0.2) is 12.1 Å². The third kappa shape index (κ3) is 3.74. The molecule has 0 unspecified atom stereocenters. The van der Waals surface area contributed by atoms with Crippen molar-refractivity contribution < 1.29 is 0 Å². The number of hydrogen-bond donors (Lipinski definition) is 2.